The second-order valence-electron chi connectivity index (χ2n) is 15.0. The maximum Gasteiger partial charge on any atom is 0.0748 e. The summed E-state index contributed by atoms with van der Waals surface area (Å²) in [7, 11) is 0. The minimum absolute atomic E-state index is 0.0562. The SMILES string of the molecule is CC(/C=C/N(CCC(C)(C)OC(C)CC(C)(C)O)CCC(C)(C)OC(C)CC(C)(C)O)OC(C)CC(C)(C)O. The van der Waals surface area contributed by atoms with Crippen LogP contribution in [0.4, 0.5) is 0 Å². The maximum atomic E-state index is 10.2. The summed E-state index contributed by atoms with van der Waals surface area (Å²) in [6.07, 6.45) is 7.24. The molecule has 4 atom stereocenters. The molecule has 7 heteroatoms. The molecule has 0 saturated carbocycles. The van der Waals surface area contributed by atoms with Gasteiger partial charge in [-0.3, -0.25) is 0 Å². The minimum Gasteiger partial charge on any atom is -0.390 e. The van der Waals surface area contributed by atoms with Crippen molar-refractivity contribution in [2.75, 3.05) is 13.1 Å². The van der Waals surface area contributed by atoms with Gasteiger partial charge in [0.1, 0.15) is 0 Å². The second kappa shape index (κ2) is 15.5. The van der Waals surface area contributed by atoms with Crippen molar-refractivity contribution in [3.63, 3.8) is 0 Å². The topological polar surface area (TPSA) is 91.6 Å². The maximum absolute atomic E-state index is 10.2. The molecule has 0 aliphatic carbocycles. The zero-order valence-corrected chi connectivity index (χ0v) is 27.9. The Kier molecular flexibility index (Phi) is 15.2. The van der Waals surface area contributed by atoms with E-state index in [1.165, 1.54) is 0 Å². The Morgan fingerprint density at radius 1 is 0.590 bits per heavy atom. The van der Waals surface area contributed by atoms with E-state index in [9.17, 15) is 15.3 Å². The fourth-order valence-electron chi connectivity index (χ4n) is 5.19. The van der Waals surface area contributed by atoms with Crippen LogP contribution in [0.2, 0.25) is 0 Å². The minimum atomic E-state index is -0.767. The second-order valence-corrected chi connectivity index (χ2v) is 15.0. The van der Waals surface area contributed by atoms with E-state index in [1.807, 2.05) is 55.4 Å². The van der Waals surface area contributed by atoms with Gasteiger partial charge in [0.15, 0.2) is 0 Å². The molecule has 0 aromatic rings. The zero-order valence-electron chi connectivity index (χ0n) is 27.9. The molecule has 0 radical (unpaired) electrons. The summed E-state index contributed by atoms with van der Waals surface area (Å²) in [4.78, 5) is 2.29. The predicted octanol–water partition coefficient (Wildman–Crippen LogP) is 6.23. The fourth-order valence-corrected chi connectivity index (χ4v) is 5.19. The summed E-state index contributed by atoms with van der Waals surface area (Å²) in [6, 6.07) is 0. The highest BCUT2D eigenvalue weighted by Crippen LogP contribution is 2.25. The van der Waals surface area contributed by atoms with Crippen molar-refractivity contribution in [3.8, 4) is 0 Å². The average molecular weight is 560 g/mol. The normalized spacial score (nSPS) is 17.4. The number of nitrogens with zero attached hydrogens (tertiary/aromatic N) is 1. The third kappa shape index (κ3) is 22.6. The lowest BCUT2D eigenvalue weighted by atomic mass is 9.99. The Bertz CT molecular complexity index is 659. The highest BCUT2D eigenvalue weighted by Gasteiger charge is 2.28. The van der Waals surface area contributed by atoms with Gasteiger partial charge in [0.2, 0.25) is 0 Å². The molecule has 234 valence electrons. The molecule has 7 nitrogen and oxygen atoms in total. The van der Waals surface area contributed by atoms with E-state index in [1.54, 1.807) is 13.8 Å². The molecule has 0 heterocycles. The molecule has 3 N–H and O–H groups in total. The van der Waals surface area contributed by atoms with Gasteiger partial charge in [-0.1, -0.05) is 0 Å². The molecule has 0 fully saturated rings. The standard InChI is InChI=1S/C32H65NO6/c1-24(37-25(2)21-28(5,6)34)15-18-33(19-16-31(11,12)38-26(3)22-29(7,8)35)20-17-32(13,14)39-27(4)23-30(9,10)36/h15,18,24-27,34-36H,16-17,19-23H2,1-14H3/b18-15+. The monoisotopic (exact) mass is 559 g/mol. The number of hydrogen-bond acceptors (Lipinski definition) is 7. The molecule has 0 rings (SSSR count). The summed E-state index contributed by atoms with van der Waals surface area (Å²) < 4.78 is 18.7. The number of hydrogen-bond donors (Lipinski definition) is 3. The van der Waals surface area contributed by atoms with Crippen LogP contribution in [0.15, 0.2) is 12.3 Å². The molecule has 0 aromatic carbocycles. The molecular formula is C32H65NO6. The molecule has 0 aliphatic rings. The van der Waals surface area contributed by atoms with Crippen LogP contribution in [-0.2, 0) is 14.2 Å². The van der Waals surface area contributed by atoms with Gasteiger partial charge >= 0.3 is 0 Å². The molecule has 0 bridgehead atoms. The number of aliphatic hydroxyl groups is 3. The summed E-state index contributed by atoms with van der Waals surface area (Å²) in [6.45, 7) is 28.9. The van der Waals surface area contributed by atoms with Gasteiger partial charge in [-0.15, -0.1) is 0 Å². The van der Waals surface area contributed by atoms with E-state index in [0.29, 0.717) is 19.3 Å². The van der Waals surface area contributed by atoms with Crippen LogP contribution in [0, 0.1) is 0 Å². The predicted molar refractivity (Wildman–Crippen MR) is 162 cm³/mol. The number of rotatable bonds is 20. The Balaban J connectivity index is 5.36. The van der Waals surface area contributed by atoms with Crippen molar-refractivity contribution < 1.29 is 29.5 Å². The fraction of sp³-hybridized carbons (Fsp3) is 0.938. The number of ether oxygens (including phenoxy) is 3. The van der Waals surface area contributed by atoms with Crippen LogP contribution in [0.25, 0.3) is 0 Å². The van der Waals surface area contributed by atoms with Crippen molar-refractivity contribution >= 4 is 0 Å². The molecule has 39 heavy (non-hydrogen) atoms. The average Bonchev–Trinajstić information content (AvgIpc) is 2.61. The molecule has 0 aliphatic heterocycles. The third-order valence-corrected chi connectivity index (χ3v) is 6.42. The van der Waals surface area contributed by atoms with E-state index in [2.05, 4.69) is 44.9 Å². The first-order valence-corrected chi connectivity index (χ1v) is 14.9. The van der Waals surface area contributed by atoms with E-state index >= 15 is 0 Å². The van der Waals surface area contributed by atoms with Crippen LogP contribution < -0.4 is 0 Å². The lowest BCUT2D eigenvalue weighted by molar-refractivity contribution is -0.100. The van der Waals surface area contributed by atoms with Crippen molar-refractivity contribution in [2.45, 2.75) is 181 Å². The molecule has 0 saturated heterocycles. The van der Waals surface area contributed by atoms with Crippen LogP contribution >= 0.6 is 0 Å². The van der Waals surface area contributed by atoms with E-state index in [4.69, 9.17) is 14.2 Å². The molecule has 0 aromatic heterocycles. The summed E-state index contributed by atoms with van der Waals surface area (Å²) in [5, 5.41) is 30.4. The van der Waals surface area contributed by atoms with E-state index in [-0.39, 0.29) is 35.6 Å². The largest absolute Gasteiger partial charge is 0.390 e. The lowest BCUT2D eigenvalue weighted by Crippen LogP contribution is -2.38. The van der Waals surface area contributed by atoms with Gasteiger partial charge in [0.05, 0.1) is 52.4 Å². The highest BCUT2D eigenvalue weighted by molar-refractivity contribution is 4.91. The van der Waals surface area contributed by atoms with E-state index < -0.39 is 16.8 Å². The van der Waals surface area contributed by atoms with Gasteiger partial charge in [-0.25, -0.2) is 0 Å². The Hall–Kier alpha value is -0.700. The summed E-state index contributed by atoms with van der Waals surface area (Å²) >= 11 is 0. The quantitative estimate of drug-likeness (QED) is 0.163. The van der Waals surface area contributed by atoms with Gasteiger partial charge in [0.25, 0.3) is 0 Å². The summed E-state index contributed by atoms with van der Waals surface area (Å²) in [5.74, 6) is 0. The van der Waals surface area contributed by atoms with Gasteiger partial charge in [-0.2, -0.15) is 0 Å². The summed E-state index contributed by atoms with van der Waals surface area (Å²) in [5.41, 5.74) is -3.01. The Morgan fingerprint density at radius 2 is 0.923 bits per heavy atom. The first kappa shape index (κ1) is 38.3. The lowest BCUT2D eigenvalue weighted by Gasteiger charge is -2.36. The van der Waals surface area contributed by atoms with Crippen molar-refractivity contribution in [1.82, 2.24) is 4.90 Å². The Morgan fingerprint density at radius 3 is 1.26 bits per heavy atom. The van der Waals surface area contributed by atoms with Gasteiger partial charge in [0, 0.05) is 32.4 Å². The smallest absolute Gasteiger partial charge is 0.0748 e. The Labute approximate surface area is 241 Å². The van der Waals surface area contributed by atoms with Crippen LogP contribution in [0.1, 0.15) is 129 Å². The first-order chi connectivity index (χ1) is 17.3. The van der Waals surface area contributed by atoms with Crippen LogP contribution in [0.3, 0.4) is 0 Å². The van der Waals surface area contributed by atoms with Gasteiger partial charge < -0.3 is 34.4 Å². The van der Waals surface area contributed by atoms with Crippen LogP contribution in [0.5, 0.6) is 0 Å². The highest BCUT2D eigenvalue weighted by atomic mass is 16.5. The van der Waals surface area contributed by atoms with Crippen molar-refractivity contribution in [2.24, 2.45) is 0 Å². The first-order valence-electron chi connectivity index (χ1n) is 14.9. The molecule has 4 unspecified atom stereocenters. The van der Waals surface area contributed by atoms with Crippen molar-refractivity contribution in [3.05, 3.63) is 12.3 Å². The zero-order chi connectivity index (χ0) is 30.9. The van der Waals surface area contributed by atoms with Gasteiger partial charge in [-0.05, 0) is 122 Å². The molecular weight excluding hydrogens is 494 g/mol. The van der Waals surface area contributed by atoms with Crippen molar-refractivity contribution in [1.29, 1.82) is 0 Å². The molecule has 0 amide bonds. The molecule has 0 spiro atoms. The van der Waals surface area contributed by atoms with Crippen LogP contribution in [-0.4, -0.2) is 85.7 Å². The van der Waals surface area contributed by atoms with E-state index in [0.717, 1.165) is 25.9 Å². The third-order valence-electron chi connectivity index (χ3n) is 6.42.